The van der Waals surface area contributed by atoms with E-state index < -0.39 is 29.9 Å². The zero-order valence-corrected chi connectivity index (χ0v) is 21.6. The highest BCUT2D eigenvalue weighted by Crippen LogP contribution is 2.42. The topological polar surface area (TPSA) is 72.5 Å². The number of pyridine rings is 1. The van der Waals surface area contributed by atoms with E-state index in [-0.39, 0.29) is 28.1 Å². The highest BCUT2D eigenvalue weighted by Gasteiger charge is 2.53. The highest BCUT2D eigenvalue weighted by molar-refractivity contribution is 6.31. The summed E-state index contributed by atoms with van der Waals surface area (Å²) >= 11 is 5.90. The van der Waals surface area contributed by atoms with E-state index in [0.717, 1.165) is 25.8 Å². The summed E-state index contributed by atoms with van der Waals surface area (Å²) in [6.45, 7) is 0.177. The minimum atomic E-state index is -4.77. The first-order valence-electron chi connectivity index (χ1n) is 11.8. The Morgan fingerprint density at radius 2 is 1.84 bits per heavy atom. The van der Waals surface area contributed by atoms with E-state index in [1.807, 2.05) is 0 Å². The molecule has 11 heteroatoms. The predicted molar refractivity (Wildman–Crippen MR) is 137 cm³/mol. The Bertz CT molecular complexity index is 1350. The molecular formula is C27H26ClF4N3O3. The Hall–Kier alpha value is -3.53. The van der Waals surface area contributed by atoms with Crippen LogP contribution in [0.2, 0.25) is 5.02 Å². The van der Waals surface area contributed by atoms with E-state index in [9.17, 15) is 22.4 Å². The van der Waals surface area contributed by atoms with Gasteiger partial charge < -0.3 is 20.1 Å². The SMILES string of the molecule is CNc1ccc(C(C)(CNC(=O)c2ccc(OC3CC3)c(OC)c2)C(F)(F)F)nc1-c1ccc(F)c(Cl)c1. The van der Waals surface area contributed by atoms with Crippen molar-refractivity contribution in [2.24, 2.45) is 0 Å². The van der Waals surface area contributed by atoms with E-state index in [0.29, 0.717) is 22.7 Å². The summed E-state index contributed by atoms with van der Waals surface area (Å²) in [5.74, 6) is -0.595. The molecule has 1 fully saturated rings. The van der Waals surface area contributed by atoms with Crippen LogP contribution in [-0.4, -0.2) is 43.9 Å². The second kappa shape index (κ2) is 10.7. The molecule has 1 aliphatic rings. The number of hydrogen-bond acceptors (Lipinski definition) is 5. The molecule has 2 aromatic carbocycles. The zero-order valence-electron chi connectivity index (χ0n) is 20.9. The molecule has 1 heterocycles. The standard InChI is InChI=1S/C27H26ClF4N3O3/c1-26(27(30,31)32,14-34-25(36)16-5-10-21(22(13-16)37-3)38-17-6-7-17)23-11-9-20(33-2)24(35-23)15-4-8-19(29)18(28)12-15/h4-5,8-13,17,33H,6-7,14H2,1-3H3,(H,34,36). The van der Waals surface area contributed by atoms with Crippen LogP contribution in [-0.2, 0) is 5.41 Å². The first kappa shape index (κ1) is 27.5. The second-order valence-electron chi connectivity index (χ2n) is 9.17. The number of hydrogen-bond donors (Lipinski definition) is 2. The number of alkyl halides is 3. The Morgan fingerprint density at radius 1 is 1.11 bits per heavy atom. The number of ether oxygens (including phenoxy) is 2. The van der Waals surface area contributed by atoms with Crippen LogP contribution in [0.1, 0.15) is 35.8 Å². The fourth-order valence-electron chi connectivity index (χ4n) is 3.80. The predicted octanol–water partition coefficient (Wildman–Crippen LogP) is 6.38. The molecule has 38 heavy (non-hydrogen) atoms. The third-order valence-electron chi connectivity index (χ3n) is 6.39. The molecule has 1 saturated carbocycles. The third-order valence-corrected chi connectivity index (χ3v) is 6.68. The van der Waals surface area contributed by atoms with Crippen molar-refractivity contribution >= 4 is 23.2 Å². The number of aromatic nitrogens is 1. The maximum atomic E-state index is 14.5. The second-order valence-corrected chi connectivity index (χ2v) is 9.57. The van der Waals surface area contributed by atoms with Crippen LogP contribution in [0.3, 0.4) is 0 Å². The molecule has 1 atom stereocenters. The molecule has 1 amide bonds. The van der Waals surface area contributed by atoms with E-state index >= 15 is 0 Å². The molecule has 1 aliphatic carbocycles. The molecule has 0 bridgehead atoms. The smallest absolute Gasteiger partial charge is 0.401 e. The Morgan fingerprint density at radius 3 is 2.45 bits per heavy atom. The summed E-state index contributed by atoms with van der Waals surface area (Å²) in [4.78, 5) is 17.2. The lowest BCUT2D eigenvalue weighted by Gasteiger charge is -2.32. The van der Waals surface area contributed by atoms with Gasteiger partial charge in [0.25, 0.3) is 5.91 Å². The molecule has 0 saturated heterocycles. The number of anilines is 1. The minimum absolute atomic E-state index is 0.105. The van der Waals surface area contributed by atoms with Crippen LogP contribution in [0, 0.1) is 5.82 Å². The molecule has 0 spiro atoms. The van der Waals surface area contributed by atoms with Gasteiger partial charge >= 0.3 is 6.18 Å². The number of carbonyl (C=O) groups excluding carboxylic acids is 1. The lowest BCUT2D eigenvalue weighted by atomic mass is 9.84. The van der Waals surface area contributed by atoms with Gasteiger partial charge in [-0.2, -0.15) is 13.2 Å². The van der Waals surface area contributed by atoms with E-state index in [2.05, 4.69) is 15.6 Å². The highest BCUT2D eigenvalue weighted by atomic mass is 35.5. The van der Waals surface area contributed by atoms with Gasteiger partial charge in [0.2, 0.25) is 0 Å². The van der Waals surface area contributed by atoms with Gasteiger partial charge in [0, 0.05) is 24.7 Å². The molecule has 3 aromatic rings. The van der Waals surface area contributed by atoms with Crippen molar-refractivity contribution in [3.05, 3.63) is 70.6 Å². The van der Waals surface area contributed by atoms with Crippen LogP contribution in [0.5, 0.6) is 11.5 Å². The lowest BCUT2D eigenvalue weighted by molar-refractivity contribution is -0.184. The fraction of sp³-hybridized carbons (Fsp3) is 0.333. The molecular weight excluding hydrogens is 526 g/mol. The number of methoxy groups -OCH3 is 1. The number of rotatable bonds is 9. The first-order valence-corrected chi connectivity index (χ1v) is 12.2. The van der Waals surface area contributed by atoms with Crippen LogP contribution < -0.4 is 20.1 Å². The third kappa shape index (κ3) is 5.65. The number of halogens is 5. The molecule has 1 aromatic heterocycles. The summed E-state index contributed by atoms with van der Waals surface area (Å²) < 4.78 is 68.1. The number of benzene rings is 2. The van der Waals surface area contributed by atoms with Crippen molar-refractivity contribution in [2.75, 3.05) is 26.0 Å². The molecule has 1 unspecified atom stereocenters. The Balaban J connectivity index is 1.63. The fourth-order valence-corrected chi connectivity index (χ4v) is 3.98. The quantitative estimate of drug-likeness (QED) is 0.302. The van der Waals surface area contributed by atoms with Crippen LogP contribution in [0.4, 0.5) is 23.2 Å². The number of nitrogens with zero attached hydrogens (tertiary/aromatic N) is 1. The Kier molecular flexibility index (Phi) is 7.73. The summed E-state index contributed by atoms with van der Waals surface area (Å²) in [6.07, 6.45) is -2.80. The summed E-state index contributed by atoms with van der Waals surface area (Å²) in [6, 6.07) is 10.9. The summed E-state index contributed by atoms with van der Waals surface area (Å²) in [7, 11) is 3.01. The first-order chi connectivity index (χ1) is 18.0. The van der Waals surface area contributed by atoms with Crippen LogP contribution in [0.15, 0.2) is 48.5 Å². The molecule has 202 valence electrons. The summed E-state index contributed by atoms with van der Waals surface area (Å²) in [5, 5.41) is 5.08. The van der Waals surface area contributed by atoms with Crippen molar-refractivity contribution in [3.63, 3.8) is 0 Å². The molecule has 6 nitrogen and oxygen atoms in total. The van der Waals surface area contributed by atoms with Gasteiger partial charge in [-0.1, -0.05) is 11.6 Å². The van der Waals surface area contributed by atoms with Gasteiger partial charge in [-0.15, -0.1) is 0 Å². The minimum Gasteiger partial charge on any atom is -0.493 e. The molecule has 4 rings (SSSR count). The van der Waals surface area contributed by atoms with E-state index in [1.54, 1.807) is 13.1 Å². The largest absolute Gasteiger partial charge is 0.493 e. The van der Waals surface area contributed by atoms with E-state index in [1.165, 1.54) is 43.5 Å². The zero-order chi connectivity index (χ0) is 27.7. The maximum absolute atomic E-state index is 14.5. The number of carbonyl (C=O) groups is 1. The monoisotopic (exact) mass is 551 g/mol. The summed E-state index contributed by atoms with van der Waals surface area (Å²) in [5.41, 5.74) is -1.85. The van der Waals surface area contributed by atoms with E-state index in [4.69, 9.17) is 21.1 Å². The van der Waals surface area contributed by atoms with Crippen molar-refractivity contribution < 1.29 is 31.8 Å². The van der Waals surface area contributed by atoms with Crippen LogP contribution in [0.25, 0.3) is 11.3 Å². The molecule has 2 N–H and O–H groups in total. The van der Waals surface area contributed by atoms with Gasteiger partial charge in [-0.25, -0.2) is 9.37 Å². The average molecular weight is 552 g/mol. The van der Waals surface area contributed by atoms with Gasteiger partial charge in [-0.05, 0) is 68.3 Å². The van der Waals surface area contributed by atoms with Crippen molar-refractivity contribution in [1.29, 1.82) is 0 Å². The number of nitrogens with one attached hydrogen (secondary N) is 2. The van der Waals surface area contributed by atoms with Crippen LogP contribution >= 0.6 is 11.6 Å². The average Bonchev–Trinajstić information content (AvgIpc) is 3.72. The van der Waals surface area contributed by atoms with Gasteiger partial charge in [0.1, 0.15) is 11.2 Å². The Labute approximate surface area is 222 Å². The lowest BCUT2D eigenvalue weighted by Crippen LogP contribution is -2.49. The normalized spacial score (nSPS) is 14.9. The van der Waals surface area contributed by atoms with Crippen molar-refractivity contribution in [2.45, 2.75) is 37.5 Å². The van der Waals surface area contributed by atoms with Crippen molar-refractivity contribution in [1.82, 2.24) is 10.3 Å². The maximum Gasteiger partial charge on any atom is 0.401 e. The number of amides is 1. The molecule has 0 radical (unpaired) electrons. The van der Waals surface area contributed by atoms with Gasteiger partial charge in [0.15, 0.2) is 11.5 Å². The molecule has 0 aliphatic heterocycles. The van der Waals surface area contributed by atoms with Crippen molar-refractivity contribution in [3.8, 4) is 22.8 Å². The van der Waals surface area contributed by atoms with Gasteiger partial charge in [0.05, 0.1) is 35.3 Å². The van der Waals surface area contributed by atoms with Gasteiger partial charge in [-0.3, -0.25) is 4.79 Å².